The van der Waals surface area contributed by atoms with Crippen molar-refractivity contribution < 1.29 is 14.0 Å². The molecule has 6 nitrogen and oxygen atoms in total. The quantitative estimate of drug-likeness (QED) is 0.916. The number of amides is 2. The number of likely N-dealkylation sites (tertiary alicyclic amines) is 1. The lowest BCUT2D eigenvalue weighted by Crippen LogP contribution is -2.31. The molecule has 2 atom stereocenters. The molecule has 2 aliphatic rings. The van der Waals surface area contributed by atoms with Crippen LogP contribution in [-0.4, -0.2) is 34.8 Å². The van der Waals surface area contributed by atoms with Gasteiger partial charge in [-0.2, -0.15) is 0 Å². The number of nitrogens with zero attached hydrogens (tertiary/aromatic N) is 2. The molecule has 3 heterocycles. The summed E-state index contributed by atoms with van der Waals surface area (Å²) in [5, 5.41) is 3.00. The van der Waals surface area contributed by atoms with Crippen molar-refractivity contribution >= 4 is 11.8 Å². The zero-order valence-electron chi connectivity index (χ0n) is 15.1. The summed E-state index contributed by atoms with van der Waals surface area (Å²) in [6.45, 7) is 5.52. The van der Waals surface area contributed by atoms with Gasteiger partial charge in [0.25, 0.3) is 5.91 Å². The molecule has 1 aliphatic carbocycles. The minimum atomic E-state index is -0.0403. The number of hydrogen-bond acceptors (Lipinski definition) is 4. The van der Waals surface area contributed by atoms with Gasteiger partial charge in [0.15, 0.2) is 0 Å². The van der Waals surface area contributed by atoms with Gasteiger partial charge in [-0.25, -0.2) is 0 Å². The van der Waals surface area contributed by atoms with E-state index in [1.54, 1.807) is 18.5 Å². The summed E-state index contributed by atoms with van der Waals surface area (Å²) in [5.74, 6) is 1.51. The van der Waals surface area contributed by atoms with Crippen LogP contribution in [0.1, 0.15) is 40.3 Å². The molecule has 1 saturated carbocycles. The molecule has 0 bridgehead atoms. The molecule has 136 valence electrons. The smallest absolute Gasteiger partial charge is 0.257 e. The van der Waals surface area contributed by atoms with E-state index < -0.39 is 0 Å². The first-order chi connectivity index (χ1) is 12.5. The lowest BCUT2D eigenvalue weighted by Gasteiger charge is -2.16. The second-order valence-corrected chi connectivity index (χ2v) is 7.50. The molecular formula is C20H23N3O3. The maximum atomic E-state index is 12.7. The molecule has 1 spiro atoms. The van der Waals surface area contributed by atoms with E-state index >= 15 is 0 Å². The molecular weight excluding hydrogens is 330 g/mol. The van der Waals surface area contributed by atoms with E-state index in [0.717, 1.165) is 24.2 Å². The average molecular weight is 353 g/mol. The fourth-order valence-corrected chi connectivity index (χ4v) is 4.07. The minimum absolute atomic E-state index is 0.00385. The van der Waals surface area contributed by atoms with Gasteiger partial charge in [0.1, 0.15) is 11.5 Å². The number of carbonyl (C=O) groups excluding carboxylic acids is 2. The molecule has 1 N–H and O–H groups in total. The van der Waals surface area contributed by atoms with Crippen LogP contribution in [0.4, 0.5) is 0 Å². The Kier molecular flexibility index (Phi) is 4.05. The highest BCUT2D eigenvalue weighted by Gasteiger charge is 2.61. The monoisotopic (exact) mass is 353 g/mol. The van der Waals surface area contributed by atoms with Crippen LogP contribution in [0, 0.1) is 25.2 Å². The van der Waals surface area contributed by atoms with Crippen LogP contribution in [0.3, 0.4) is 0 Å². The van der Waals surface area contributed by atoms with Crippen LogP contribution in [-0.2, 0) is 11.3 Å². The van der Waals surface area contributed by atoms with Crippen LogP contribution in [0.15, 0.2) is 35.0 Å². The van der Waals surface area contributed by atoms with Gasteiger partial charge in [-0.3, -0.25) is 14.6 Å². The Morgan fingerprint density at radius 2 is 2.27 bits per heavy atom. The highest BCUT2D eigenvalue weighted by Crippen LogP contribution is 2.58. The zero-order chi connectivity index (χ0) is 18.3. The highest BCUT2D eigenvalue weighted by molar-refractivity contribution is 5.95. The molecule has 2 amide bonds. The number of nitrogens with one attached hydrogen (secondary N) is 1. The van der Waals surface area contributed by atoms with E-state index in [4.69, 9.17) is 4.42 Å². The summed E-state index contributed by atoms with van der Waals surface area (Å²) in [6, 6.07) is 5.61. The molecule has 4 rings (SSSR count). The second kappa shape index (κ2) is 6.27. The molecule has 0 aromatic carbocycles. The summed E-state index contributed by atoms with van der Waals surface area (Å²) >= 11 is 0. The number of furan rings is 1. The Labute approximate surface area is 152 Å². The Balaban J connectivity index is 1.35. The normalized spacial score (nSPS) is 24.1. The molecule has 26 heavy (non-hydrogen) atoms. The molecule has 0 radical (unpaired) electrons. The Morgan fingerprint density at radius 1 is 1.42 bits per heavy atom. The van der Waals surface area contributed by atoms with Crippen LogP contribution in [0.2, 0.25) is 0 Å². The van der Waals surface area contributed by atoms with Crippen LogP contribution >= 0.6 is 0 Å². The predicted octanol–water partition coefficient (Wildman–Crippen LogP) is 2.46. The van der Waals surface area contributed by atoms with E-state index in [0.29, 0.717) is 31.0 Å². The first-order valence-corrected chi connectivity index (χ1v) is 9.01. The van der Waals surface area contributed by atoms with E-state index in [-0.39, 0.29) is 23.1 Å². The molecule has 1 aliphatic heterocycles. The third-order valence-electron chi connectivity index (χ3n) is 5.64. The number of aromatic nitrogens is 1. The third-order valence-corrected chi connectivity index (χ3v) is 5.64. The zero-order valence-corrected chi connectivity index (χ0v) is 15.1. The fourth-order valence-electron chi connectivity index (χ4n) is 4.07. The number of aryl methyl sites for hydroxylation is 2. The molecule has 0 unspecified atom stereocenters. The van der Waals surface area contributed by atoms with Crippen LogP contribution < -0.4 is 5.32 Å². The Bertz CT molecular complexity index is 845. The predicted molar refractivity (Wildman–Crippen MR) is 95.3 cm³/mol. The number of rotatable bonds is 4. The van der Waals surface area contributed by atoms with Crippen molar-refractivity contribution in [1.29, 1.82) is 0 Å². The van der Waals surface area contributed by atoms with Crippen molar-refractivity contribution in [2.75, 3.05) is 13.1 Å². The van der Waals surface area contributed by atoms with E-state index in [2.05, 4.69) is 10.3 Å². The summed E-state index contributed by atoms with van der Waals surface area (Å²) in [6.07, 6.45) is 5.22. The number of hydrogen-bond donors (Lipinski definition) is 1. The summed E-state index contributed by atoms with van der Waals surface area (Å²) in [7, 11) is 0. The van der Waals surface area contributed by atoms with Crippen molar-refractivity contribution in [3.05, 3.63) is 53.2 Å². The van der Waals surface area contributed by atoms with Gasteiger partial charge in [-0.15, -0.1) is 0 Å². The average Bonchev–Trinajstić information content (AvgIpc) is 2.98. The van der Waals surface area contributed by atoms with E-state index in [1.807, 2.05) is 30.9 Å². The molecule has 2 aromatic heterocycles. The topological polar surface area (TPSA) is 75.4 Å². The van der Waals surface area contributed by atoms with Crippen molar-refractivity contribution in [3.8, 4) is 0 Å². The van der Waals surface area contributed by atoms with Crippen LogP contribution in [0.25, 0.3) is 0 Å². The van der Waals surface area contributed by atoms with Crippen molar-refractivity contribution in [2.24, 2.45) is 11.3 Å². The maximum Gasteiger partial charge on any atom is 0.257 e. The first-order valence-electron chi connectivity index (χ1n) is 9.01. The van der Waals surface area contributed by atoms with E-state index in [1.165, 1.54) is 0 Å². The Morgan fingerprint density at radius 3 is 2.96 bits per heavy atom. The highest BCUT2D eigenvalue weighted by atomic mass is 16.3. The molecule has 2 aromatic rings. The minimum Gasteiger partial charge on any atom is -0.466 e. The lowest BCUT2D eigenvalue weighted by atomic mass is 10.0. The fraction of sp³-hybridized carbons (Fsp3) is 0.450. The maximum absolute atomic E-state index is 12.7. The lowest BCUT2D eigenvalue weighted by molar-refractivity contribution is -0.123. The van der Waals surface area contributed by atoms with Gasteiger partial charge in [0.05, 0.1) is 5.56 Å². The van der Waals surface area contributed by atoms with Crippen molar-refractivity contribution in [1.82, 2.24) is 15.2 Å². The van der Waals surface area contributed by atoms with Gasteiger partial charge in [-0.05, 0) is 44.4 Å². The number of carbonyl (C=O) groups is 2. The molecule has 2 fully saturated rings. The van der Waals surface area contributed by atoms with Crippen molar-refractivity contribution in [2.45, 2.75) is 33.2 Å². The number of pyridine rings is 1. The van der Waals surface area contributed by atoms with Crippen molar-refractivity contribution in [3.63, 3.8) is 0 Å². The third kappa shape index (κ3) is 3.00. The van der Waals surface area contributed by atoms with E-state index in [9.17, 15) is 9.59 Å². The second-order valence-electron chi connectivity index (χ2n) is 7.50. The largest absolute Gasteiger partial charge is 0.466 e. The molecule has 6 heteroatoms. The summed E-state index contributed by atoms with van der Waals surface area (Å²) in [5.41, 5.74) is 1.59. The van der Waals surface area contributed by atoms with Crippen LogP contribution in [0.5, 0.6) is 0 Å². The molecule has 1 saturated heterocycles. The van der Waals surface area contributed by atoms with Gasteiger partial charge in [0.2, 0.25) is 5.91 Å². The summed E-state index contributed by atoms with van der Waals surface area (Å²) in [4.78, 5) is 31.2. The van der Waals surface area contributed by atoms with Gasteiger partial charge in [-0.1, -0.05) is 6.07 Å². The summed E-state index contributed by atoms with van der Waals surface area (Å²) < 4.78 is 5.48. The first kappa shape index (κ1) is 16.8. The van der Waals surface area contributed by atoms with Gasteiger partial charge < -0.3 is 14.6 Å². The SMILES string of the molecule is Cc1cc(C(=O)N2CC[C@@]3(C[C@@H]3C(=O)NCc3cccnc3)C2)c(C)o1. The van der Waals surface area contributed by atoms with Gasteiger partial charge in [0, 0.05) is 43.4 Å². The Hall–Kier alpha value is -2.63. The van der Waals surface area contributed by atoms with Gasteiger partial charge >= 0.3 is 0 Å². The standard InChI is InChI=1S/C20H23N3O3/c1-13-8-16(14(2)26-13)19(25)23-7-5-20(12-23)9-17(20)18(24)22-11-15-4-3-6-21-10-15/h3-4,6,8,10,17H,5,7,9,11-12H2,1-2H3,(H,22,24)/t17-,20-/m1/s1.